The summed E-state index contributed by atoms with van der Waals surface area (Å²) in [5, 5.41) is 7.77. The van der Waals surface area contributed by atoms with Crippen LogP contribution < -0.4 is 10.6 Å². The third kappa shape index (κ3) is 2.96. The maximum absolute atomic E-state index is 7.77. The zero-order chi connectivity index (χ0) is 14.7. The average Bonchev–Trinajstić information content (AvgIpc) is 2.38. The van der Waals surface area contributed by atoms with Crippen molar-refractivity contribution in [2.75, 3.05) is 11.9 Å². The highest BCUT2D eigenvalue weighted by Gasteiger charge is 2.15. The number of nitrogens with two attached hydrogens (primary N) is 1. The van der Waals surface area contributed by atoms with Crippen LogP contribution in [0.3, 0.4) is 0 Å². The van der Waals surface area contributed by atoms with Gasteiger partial charge in [-0.05, 0) is 31.0 Å². The molecule has 0 saturated heterocycles. The molecule has 0 bridgehead atoms. The van der Waals surface area contributed by atoms with Gasteiger partial charge in [0, 0.05) is 19.3 Å². The van der Waals surface area contributed by atoms with E-state index in [-0.39, 0.29) is 5.84 Å². The molecule has 0 radical (unpaired) electrons. The molecule has 0 aliphatic heterocycles. The Morgan fingerprint density at radius 1 is 1.25 bits per heavy atom. The summed E-state index contributed by atoms with van der Waals surface area (Å²) in [7, 11) is 1.97. The molecule has 20 heavy (non-hydrogen) atoms. The van der Waals surface area contributed by atoms with Crippen molar-refractivity contribution in [2.24, 2.45) is 5.73 Å². The first-order valence-electron chi connectivity index (χ1n) is 6.56. The third-order valence-corrected chi connectivity index (χ3v) is 3.22. The second kappa shape index (κ2) is 5.74. The molecule has 0 aliphatic rings. The summed E-state index contributed by atoms with van der Waals surface area (Å²) in [6, 6.07) is 12.1. The molecule has 2 rings (SSSR count). The highest BCUT2D eigenvalue weighted by Crippen LogP contribution is 2.22. The Morgan fingerprint density at radius 2 is 1.90 bits per heavy atom. The van der Waals surface area contributed by atoms with Gasteiger partial charge in [0.15, 0.2) is 0 Å². The molecule has 0 saturated carbocycles. The van der Waals surface area contributed by atoms with Crippen LogP contribution in [0, 0.1) is 19.3 Å². The van der Waals surface area contributed by atoms with Crippen molar-refractivity contribution in [2.45, 2.75) is 20.4 Å². The average molecular weight is 268 g/mol. The quantitative estimate of drug-likeness (QED) is 0.661. The maximum Gasteiger partial charge on any atom is 0.140 e. The van der Waals surface area contributed by atoms with Crippen molar-refractivity contribution in [3.63, 3.8) is 0 Å². The lowest BCUT2D eigenvalue weighted by molar-refractivity contribution is 0.887. The van der Waals surface area contributed by atoms with E-state index < -0.39 is 0 Å². The first-order chi connectivity index (χ1) is 9.49. The van der Waals surface area contributed by atoms with Crippen molar-refractivity contribution in [3.05, 3.63) is 58.8 Å². The largest absolute Gasteiger partial charge is 0.384 e. The first-order valence-corrected chi connectivity index (χ1v) is 6.56. The summed E-state index contributed by atoms with van der Waals surface area (Å²) < 4.78 is 0. The van der Waals surface area contributed by atoms with Crippen LogP contribution in [-0.2, 0) is 6.54 Å². The van der Waals surface area contributed by atoms with Gasteiger partial charge in [0.25, 0.3) is 0 Å². The van der Waals surface area contributed by atoms with E-state index in [1.54, 1.807) is 0 Å². The number of anilines is 1. The highest BCUT2D eigenvalue weighted by molar-refractivity contribution is 6.01. The molecule has 1 aromatic carbocycles. The monoisotopic (exact) mass is 268 g/mol. The number of pyridine rings is 1. The number of aromatic nitrogens is 1. The number of hydrogen-bond donors (Lipinski definition) is 2. The zero-order valence-corrected chi connectivity index (χ0v) is 12.1. The van der Waals surface area contributed by atoms with E-state index in [1.165, 1.54) is 5.56 Å². The van der Waals surface area contributed by atoms with E-state index in [4.69, 9.17) is 11.1 Å². The van der Waals surface area contributed by atoms with Crippen LogP contribution in [0.25, 0.3) is 0 Å². The van der Waals surface area contributed by atoms with Crippen molar-refractivity contribution in [1.29, 1.82) is 5.41 Å². The summed E-state index contributed by atoms with van der Waals surface area (Å²) in [6.07, 6.45) is 0. The summed E-state index contributed by atoms with van der Waals surface area (Å²) in [5.74, 6) is 0.823. The Kier molecular flexibility index (Phi) is 4.03. The van der Waals surface area contributed by atoms with Gasteiger partial charge in [-0.25, -0.2) is 4.98 Å². The number of nitrogens with zero attached hydrogens (tertiary/aromatic N) is 2. The Labute approximate surface area is 119 Å². The fourth-order valence-electron chi connectivity index (χ4n) is 2.36. The van der Waals surface area contributed by atoms with Gasteiger partial charge >= 0.3 is 0 Å². The van der Waals surface area contributed by atoms with Gasteiger partial charge in [-0.15, -0.1) is 0 Å². The lowest BCUT2D eigenvalue weighted by Crippen LogP contribution is -2.24. The smallest absolute Gasteiger partial charge is 0.140 e. The molecule has 4 heteroatoms. The van der Waals surface area contributed by atoms with E-state index in [2.05, 4.69) is 17.1 Å². The van der Waals surface area contributed by atoms with Crippen LogP contribution in [0.1, 0.15) is 22.4 Å². The van der Waals surface area contributed by atoms with Crippen LogP contribution in [0.4, 0.5) is 5.82 Å². The minimum atomic E-state index is 0.0601. The molecule has 104 valence electrons. The maximum atomic E-state index is 7.77. The molecular formula is C16H20N4. The molecule has 2 aromatic rings. The number of rotatable bonds is 4. The van der Waals surface area contributed by atoms with Crippen molar-refractivity contribution < 1.29 is 0 Å². The van der Waals surface area contributed by atoms with Gasteiger partial charge in [0.2, 0.25) is 0 Å². The van der Waals surface area contributed by atoms with Crippen LogP contribution in [0.15, 0.2) is 36.4 Å². The SMILES string of the molecule is Cc1cc(C)c(C(=N)N)c(N(C)Cc2ccccc2)n1. The molecule has 4 nitrogen and oxygen atoms in total. The summed E-state index contributed by atoms with van der Waals surface area (Å²) >= 11 is 0. The lowest BCUT2D eigenvalue weighted by Gasteiger charge is -2.22. The molecule has 0 amide bonds. The number of amidine groups is 1. The Bertz CT molecular complexity index is 620. The van der Waals surface area contributed by atoms with Crippen molar-refractivity contribution >= 4 is 11.7 Å². The number of nitrogens with one attached hydrogen (secondary N) is 1. The van der Waals surface area contributed by atoms with Gasteiger partial charge in [0.05, 0.1) is 5.56 Å². The normalized spacial score (nSPS) is 10.3. The van der Waals surface area contributed by atoms with Gasteiger partial charge in [-0.3, -0.25) is 5.41 Å². The van der Waals surface area contributed by atoms with Crippen LogP contribution in [-0.4, -0.2) is 17.9 Å². The molecule has 0 aliphatic carbocycles. The topological polar surface area (TPSA) is 66.0 Å². The van der Waals surface area contributed by atoms with E-state index >= 15 is 0 Å². The molecule has 0 spiro atoms. The van der Waals surface area contributed by atoms with Crippen LogP contribution in [0.2, 0.25) is 0 Å². The molecule has 0 fully saturated rings. The number of aryl methyl sites for hydroxylation is 2. The second-order valence-electron chi connectivity index (χ2n) is 5.03. The fraction of sp³-hybridized carbons (Fsp3) is 0.250. The minimum Gasteiger partial charge on any atom is -0.384 e. The first kappa shape index (κ1) is 14.1. The lowest BCUT2D eigenvalue weighted by atomic mass is 10.1. The second-order valence-corrected chi connectivity index (χ2v) is 5.03. The Hall–Kier alpha value is -2.36. The van der Waals surface area contributed by atoms with Gasteiger partial charge in [-0.2, -0.15) is 0 Å². The van der Waals surface area contributed by atoms with Crippen LogP contribution >= 0.6 is 0 Å². The third-order valence-electron chi connectivity index (χ3n) is 3.22. The van der Waals surface area contributed by atoms with E-state index in [1.807, 2.05) is 50.1 Å². The minimum absolute atomic E-state index is 0.0601. The Balaban J connectivity index is 2.38. The number of hydrogen-bond acceptors (Lipinski definition) is 3. The van der Waals surface area contributed by atoms with Gasteiger partial charge in [-0.1, -0.05) is 30.3 Å². The van der Waals surface area contributed by atoms with Gasteiger partial charge < -0.3 is 10.6 Å². The van der Waals surface area contributed by atoms with Crippen LogP contribution in [0.5, 0.6) is 0 Å². The van der Waals surface area contributed by atoms with Crippen molar-refractivity contribution in [3.8, 4) is 0 Å². The summed E-state index contributed by atoms with van der Waals surface area (Å²) in [4.78, 5) is 6.59. The van der Waals surface area contributed by atoms with Gasteiger partial charge in [0.1, 0.15) is 11.7 Å². The van der Waals surface area contributed by atoms with E-state index in [0.717, 1.165) is 23.6 Å². The molecule has 0 unspecified atom stereocenters. The number of nitrogen functional groups attached to an aromatic ring is 1. The highest BCUT2D eigenvalue weighted by atomic mass is 15.2. The zero-order valence-electron chi connectivity index (χ0n) is 12.1. The summed E-state index contributed by atoms with van der Waals surface area (Å²) in [6.45, 7) is 4.65. The molecule has 1 heterocycles. The predicted octanol–water partition coefficient (Wildman–Crippen LogP) is 2.62. The summed E-state index contributed by atoms with van der Waals surface area (Å²) in [5.41, 5.74) is 9.55. The standard InChI is InChI=1S/C16H20N4/c1-11-9-12(2)19-16(14(11)15(17)18)20(3)10-13-7-5-4-6-8-13/h4-9H,10H2,1-3H3,(H3,17,18). The predicted molar refractivity (Wildman–Crippen MR) is 83.3 cm³/mol. The number of benzene rings is 1. The molecule has 0 atom stereocenters. The fourth-order valence-corrected chi connectivity index (χ4v) is 2.36. The Morgan fingerprint density at radius 3 is 2.50 bits per heavy atom. The van der Waals surface area contributed by atoms with Crippen molar-refractivity contribution in [1.82, 2.24) is 4.98 Å². The molecule has 3 N–H and O–H groups in total. The van der Waals surface area contributed by atoms with E-state index in [0.29, 0.717) is 5.56 Å². The molecular weight excluding hydrogens is 248 g/mol. The molecule has 1 aromatic heterocycles. The van der Waals surface area contributed by atoms with E-state index in [9.17, 15) is 0 Å².